The summed E-state index contributed by atoms with van der Waals surface area (Å²) in [6, 6.07) is 9.74. The Morgan fingerprint density at radius 2 is 1.81 bits per heavy atom. The van der Waals surface area contributed by atoms with Gasteiger partial charge in [0.25, 0.3) is 0 Å². The SMILES string of the molecule is CCOP(=O)(COC(COCc1ccccc1)COn1cnc2c(Cl)ncnc21)OCC. The fourth-order valence-electron chi connectivity index (χ4n) is 2.77. The molecule has 2 heterocycles. The van der Waals surface area contributed by atoms with Crippen molar-refractivity contribution in [1.82, 2.24) is 19.7 Å². The lowest BCUT2D eigenvalue weighted by Gasteiger charge is -2.22. The molecule has 0 fully saturated rings. The Hall–Kier alpha value is -2.07. The summed E-state index contributed by atoms with van der Waals surface area (Å²) in [4.78, 5) is 18.0. The van der Waals surface area contributed by atoms with Gasteiger partial charge in [-0.15, -0.1) is 0 Å². The monoisotopic (exact) mass is 484 g/mol. The van der Waals surface area contributed by atoms with Gasteiger partial charge in [0.2, 0.25) is 5.65 Å². The third kappa shape index (κ3) is 6.96. The van der Waals surface area contributed by atoms with Gasteiger partial charge >= 0.3 is 7.60 Å². The number of ether oxygens (including phenoxy) is 2. The summed E-state index contributed by atoms with van der Waals surface area (Å²) >= 11 is 6.03. The average Bonchev–Trinajstić information content (AvgIpc) is 3.21. The third-order valence-corrected chi connectivity index (χ3v) is 6.24. The van der Waals surface area contributed by atoms with Crippen molar-refractivity contribution in [3.05, 3.63) is 53.7 Å². The van der Waals surface area contributed by atoms with Crippen LogP contribution in [-0.2, 0) is 29.7 Å². The molecule has 1 unspecified atom stereocenters. The zero-order valence-corrected chi connectivity index (χ0v) is 19.6. The molecule has 174 valence electrons. The minimum atomic E-state index is -3.38. The summed E-state index contributed by atoms with van der Waals surface area (Å²) in [6.45, 7) is 4.63. The van der Waals surface area contributed by atoms with Crippen LogP contribution in [0.15, 0.2) is 43.0 Å². The van der Waals surface area contributed by atoms with E-state index in [0.29, 0.717) is 17.8 Å². The fourth-order valence-corrected chi connectivity index (χ4v) is 4.35. The van der Waals surface area contributed by atoms with Crippen molar-refractivity contribution < 1.29 is 27.9 Å². The van der Waals surface area contributed by atoms with Gasteiger partial charge in [0.15, 0.2) is 5.15 Å². The van der Waals surface area contributed by atoms with Crippen LogP contribution in [-0.4, -0.2) is 58.6 Å². The van der Waals surface area contributed by atoms with Crippen LogP contribution in [0.5, 0.6) is 0 Å². The summed E-state index contributed by atoms with van der Waals surface area (Å²) in [5.74, 6) is 0. The van der Waals surface area contributed by atoms with Gasteiger partial charge in [0.05, 0.1) is 26.4 Å². The molecule has 1 atom stereocenters. The molecule has 0 saturated carbocycles. The fraction of sp³-hybridized carbons (Fsp3) is 0.450. The van der Waals surface area contributed by atoms with E-state index in [-0.39, 0.29) is 37.9 Å². The number of benzene rings is 1. The molecule has 2 aromatic heterocycles. The molecular weight excluding hydrogens is 459 g/mol. The highest BCUT2D eigenvalue weighted by molar-refractivity contribution is 7.53. The highest BCUT2D eigenvalue weighted by Crippen LogP contribution is 2.48. The van der Waals surface area contributed by atoms with Crippen molar-refractivity contribution >= 4 is 30.4 Å². The van der Waals surface area contributed by atoms with Crippen LogP contribution in [0.1, 0.15) is 19.4 Å². The first kappa shape index (κ1) is 24.6. The van der Waals surface area contributed by atoms with Gasteiger partial charge in [-0.2, -0.15) is 4.73 Å². The standard InChI is InChI=1S/C20H26ClN4O6P/c1-3-30-32(26,31-4-2)15-28-17(11-27-10-16-8-6-5-7-9-16)12-29-25-14-24-18-19(21)22-13-23-20(18)25/h5-9,13-14,17H,3-4,10-12,15H2,1-2H3. The predicted octanol–water partition coefficient (Wildman–Crippen LogP) is 3.73. The van der Waals surface area contributed by atoms with E-state index >= 15 is 0 Å². The van der Waals surface area contributed by atoms with Crippen molar-refractivity contribution in [2.45, 2.75) is 26.6 Å². The van der Waals surface area contributed by atoms with E-state index in [1.54, 1.807) is 13.8 Å². The predicted molar refractivity (Wildman–Crippen MR) is 118 cm³/mol. The lowest BCUT2D eigenvalue weighted by atomic mass is 10.2. The van der Waals surface area contributed by atoms with Gasteiger partial charge < -0.3 is 23.4 Å². The van der Waals surface area contributed by atoms with Crippen LogP contribution in [0.3, 0.4) is 0 Å². The highest BCUT2D eigenvalue weighted by Gasteiger charge is 2.26. The summed E-state index contributed by atoms with van der Waals surface area (Å²) < 4.78 is 36.4. The van der Waals surface area contributed by atoms with E-state index in [0.717, 1.165) is 5.56 Å². The van der Waals surface area contributed by atoms with Crippen LogP contribution in [0.25, 0.3) is 11.2 Å². The van der Waals surface area contributed by atoms with E-state index in [2.05, 4.69) is 15.0 Å². The van der Waals surface area contributed by atoms with Crippen LogP contribution in [0, 0.1) is 0 Å². The molecule has 0 aliphatic rings. The van der Waals surface area contributed by atoms with Gasteiger partial charge in [-0.1, -0.05) is 41.9 Å². The number of halogens is 1. The smallest absolute Gasteiger partial charge is 0.356 e. The number of nitrogens with zero attached hydrogens (tertiary/aromatic N) is 4. The molecule has 0 aliphatic heterocycles. The van der Waals surface area contributed by atoms with Crippen molar-refractivity contribution in [2.75, 3.05) is 32.8 Å². The number of rotatable bonds is 14. The molecule has 0 bridgehead atoms. The molecule has 10 nitrogen and oxygen atoms in total. The molecule has 0 amide bonds. The van der Waals surface area contributed by atoms with Gasteiger partial charge in [-0.25, -0.2) is 15.0 Å². The molecule has 12 heteroatoms. The number of hydrogen-bond donors (Lipinski definition) is 0. The van der Waals surface area contributed by atoms with E-state index in [9.17, 15) is 4.57 Å². The highest BCUT2D eigenvalue weighted by atomic mass is 35.5. The first-order chi connectivity index (χ1) is 15.5. The normalized spacial score (nSPS) is 12.8. The molecule has 0 N–H and O–H groups in total. The molecule has 1 aromatic carbocycles. The Bertz CT molecular complexity index is 1010. The van der Waals surface area contributed by atoms with Crippen LogP contribution in [0.4, 0.5) is 0 Å². The topological polar surface area (TPSA) is 107 Å². The lowest BCUT2D eigenvalue weighted by molar-refractivity contribution is -0.0561. The zero-order chi connectivity index (χ0) is 22.8. The molecule has 0 saturated heterocycles. The Labute approximate surface area is 191 Å². The Morgan fingerprint density at radius 3 is 2.53 bits per heavy atom. The molecule has 0 radical (unpaired) electrons. The number of aromatic nitrogens is 4. The lowest BCUT2D eigenvalue weighted by Crippen LogP contribution is -2.31. The zero-order valence-electron chi connectivity index (χ0n) is 17.9. The summed E-state index contributed by atoms with van der Waals surface area (Å²) in [5.41, 5.74) is 1.86. The first-order valence-electron chi connectivity index (χ1n) is 10.1. The molecule has 3 rings (SSSR count). The third-order valence-electron chi connectivity index (χ3n) is 4.19. The van der Waals surface area contributed by atoms with Crippen molar-refractivity contribution in [3.63, 3.8) is 0 Å². The van der Waals surface area contributed by atoms with Crippen LogP contribution < -0.4 is 4.84 Å². The second-order valence-electron chi connectivity index (χ2n) is 6.57. The van der Waals surface area contributed by atoms with Crippen LogP contribution >= 0.6 is 19.2 Å². The van der Waals surface area contributed by atoms with Crippen LogP contribution in [0.2, 0.25) is 5.15 Å². The van der Waals surface area contributed by atoms with Crippen molar-refractivity contribution in [3.8, 4) is 0 Å². The van der Waals surface area contributed by atoms with E-state index in [4.69, 9.17) is 35.0 Å². The Kier molecular flexibility index (Phi) is 9.40. The summed E-state index contributed by atoms with van der Waals surface area (Å²) in [5, 5.41) is 0.228. The van der Waals surface area contributed by atoms with Gasteiger partial charge in [-0.05, 0) is 19.4 Å². The Balaban J connectivity index is 1.64. The van der Waals surface area contributed by atoms with Gasteiger partial charge in [-0.3, -0.25) is 4.57 Å². The minimum Gasteiger partial charge on any atom is -0.408 e. The first-order valence-corrected chi connectivity index (χ1v) is 12.2. The number of imidazole rings is 1. The molecular formula is C20H26ClN4O6P. The molecule has 0 spiro atoms. The summed E-state index contributed by atoms with van der Waals surface area (Å²) in [6.07, 6.45) is 1.97. The second-order valence-corrected chi connectivity index (χ2v) is 8.92. The van der Waals surface area contributed by atoms with E-state index in [1.165, 1.54) is 17.4 Å². The van der Waals surface area contributed by atoms with E-state index < -0.39 is 13.7 Å². The van der Waals surface area contributed by atoms with Gasteiger partial charge in [0, 0.05) is 0 Å². The average molecular weight is 485 g/mol. The minimum absolute atomic E-state index is 0.0696. The van der Waals surface area contributed by atoms with Gasteiger partial charge in [0.1, 0.15) is 37.2 Å². The van der Waals surface area contributed by atoms with Crippen molar-refractivity contribution in [1.29, 1.82) is 0 Å². The number of hydrogen-bond acceptors (Lipinski definition) is 9. The molecule has 3 aromatic rings. The maximum Gasteiger partial charge on any atom is 0.356 e. The molecule has 32 heavy (non-hydrogen) atoms. The summed E-state index contributed by atoms with van der Waals surface area (Å²) in [7, 11) is -3.38. The Morgan fingerprint density at radius 1 is 1.06 bits per heavy atom. The second kappa shape index (κ2) is 12.2. The maximum absolute atomic E-state index is 12.8. The molecule has 0 aliphatic carbocycles. The number of fused-ring (bicyclic) bond motifs is 1. The maximum atomic E-state index is 12.8. The quantitative estimate of drug-likeness (QED) is 0.250. The largest absolute Gasteiger partial charge is 0.408 e. The van der Waals surface area contributed by atoms with E-state index in [1.807, 2.05) is 30.3 Å². The van der Waals surface area contributed by atoms with Crippen molar-refractivity contribution in [2.24, 2.45) is 0 Å².